The molecule has 2 heterocycles. The van der Waals surface area contributed by atoms with Crippen LogP contribution in [0.25, 0.3) is 0 Å². The third-order valence-corrected chi connectivity index (χ3v) is 3.63. The minimum Gasteiger partial charge on any atom is -0.471 e. The molecule has 0 saturated carbocycles. The fourth-order valence-electron chi connectivity index (χ4n) is 2.17. The molecular formula is C16H16ClN3O2. The minimum atomic E-state index is -0.0761. The van der Waals surface area contributed by atoms with Gasteiger partial charge in [0.15, 0.2) is 0 Å². The molecule has 1 N–H and O–H groups in total. The maximum absolute atomic E-state index is 12.0. The van der Waals surface area contributed by atoms with Crippen molar-refractivity contribution in [3.8, 4) is 5.88 Å². The molecule has 0 radical (unpaired) electrons. The predicted molar refractivity (Wildman–Crippen MR) is 83.9 cm³/mol. The summed E-state index contributed by atoms with van der Waals surface area (Å²) in [5.74, 6) is 0.527. The lowest BCUT2D eigenvalue weighted by Crippen LogP contribution is -2.58. The first kappa shape index (κ1) is 14.7. The molecular weight excluding hydrogens is 302 g/mol. The second kappa shape index (κ2) is 6.66. The van der Waals surface area contributed by atoms with E-state index in [2.05, 4.69) is 10.3 Å². The van der Waals surface area contributed by atoms with Crippen LogP contribution in [0.4, 0.5) is 4.79 Å². The van der Waals surface area contributed by atoms with Gasteiger partial charge in [0.1, 0.15) is 6.10 Å². The number of hydrogen-bond acceptors (Lipinski definition) is 3. The first-order chi connectivity index (χ1) is 10.7. The van der Waals surface area contributed by atoms with Gasteiger partial charge in [-0.1, -0.05) is 41.9 Å². The number of ether oxygens (including phenoxy) is 1. The number of benzene rings is 1. The molecule has 0 bridgehead atoms. The van der Waals surface area contributed by atoms with Gasteiger partial charge in [-0.05, 0) is 11.6 Å². The van der Waals surface area contributed by atoms with Crippen molar-refractivity contribution in [1.29, 1.82) is 0 Å². The van der Waals surface area contributed by atoms with Crippen molar-refractivity contribution in [2.75, 3.05) is 13.1 Å². The molecule has 1 aliphatic heterocycles. The zero-order valence-electron chi connectivity index (χ0n) is 11.9. The quantitative estimate of drug-likeness (QED) is 0.943. The molecule has 2 aromatic rings. The Hall–Kier alpha value is -2.27. The monoisotopic (exact) mass is 317 g/mol. The van der Waals surface area contributed by atoms with Crippen LogP contribution in [0.5, 0.6) is 5.88 Å². The van der Waals surface area contributed by atoms with Gasteiger partial charge in [-0.2, -0.15) is 0 Å². The summed E-state index contributed by atoms with van der Waals surface area (Å²) in [6.07, 6.45) is 1.52. The zero-order valence-corrected chi connectivity index (χ0v) is 12.7. The number of carbonyl (C=O) groups excluding carboxylic acids is 1. The van der Waals surface area contributed by atoms with E-state index < -0.39 is 0 Å². The Labute approximate surface area is 133 Å². The van der Waals surface area contributed by atoms with Crippen molar-refractivity contribution in [2.45, 2.75) is 12.6 Å². The van der Waals surface area contributed by atoms with E-state index in [9.17, 15) is 4.79 Å². The molecule has 1 saturated heterocycles. The molecule has 3 rings (SSSR count). The summed E-state index contributed by atoms with van der Waals surface area (Å²) in [5.41, 5.74) is 1.08. The van der Waals surface area contributed by atoms with E-state index in [1.54, 1.807) is 23.2 Å². The number of aromatic nitrogens is 1. The average Bonchev–Trinajstić information content (AvgIpc) is 2.51. The molecule has 1 fully saturated rings. The van der Waals surface area contributed by atoms with E-state index >= 15 is 0 Å². The molecule has 0 unspecified atom stereocenters. The molecule has 2 amide bonds. The Morgan fingerprint density at radius 2 is 2.05 bits per heavy atom. The highest BCUT2D eigenvalue weighted by atomic mass is 35.5. The van der Waals surface area contributed by atoms with E-state index in [0.29, 0.717) is 30.5 Å². The van der Waals surface area contributed by atoms with Gasteiger partial charge in [0.25, 0.3) is 0 Å². The molecule has 1 aromatic carbocycles. The van der Waals surface area contributed by atoms with Crippen LogP contribution in [0, 0.1) is 0 Å². The maximum Gasteiger partial charge on any atom is 0.317 e. The normalized spacial score (nSPS) is 14.3. The van der Waals surface area contributed by atoms with E-state index in [1.807, 2.05) is 30.3 Å². The lowest BCUT2D eigenvalue weighted by molar-refractivity contribution is 0.0413. The van der Waals surface area contributed by atoms with Crippen LogP contribution in [0.1, 0.15) is 5.56 Å². The summed E-state index contributed by atoms with van der Waals surface area (Å²) in [4.78, 5) is 17.8. The second-order valence-corrected chi connectivity index (χ2v) is 5.54. The van der Waals surface area contributed by atoms with Crippen LogP contribution in [0.2, 0.25) is 5.02 Å². The minimum absolute atomic E-state index is 0.0175. The zero-order chi connectivity index (χ0) is 15.4. The fraction of sp³-hybridized carbons (Fsp3) is 0.250. The third kappa shape index (κ3) is 3.68. The Morgan fingerprint density at radius 3 is 2.73 bits per heavy atom. The van der Waals surface area contributed by atoms with Crippen LogP contribution >= 0.6 is 11.6 Å². The van der Waals surface area contributed by atoms with Crippen molar-refractivity contribution in [1.82, 2.24) is 15.2 Å². The smallest absolute Gasteiger partial charge is 0.317 e. The Bertz CT molecular complexity index is 628. The maximum atomic E-state index is 12.0. The van der Waals surface area contributed by atoms with Gasteiger partial charge >= 0.3 is 6.03 Å². The molecule has 1 aliphatic rings. The van der Waals surface area contributed by atoms with Crippen molar-refractivity contribution >= 4 is 17.6 Å². The van der Waals surface area contributed by atoms with E-state index in [-0.39, 0.29) is 12.1 Å². The van der Waals surface area contributed by atoms with E-state index in [1.165, 1.54) is 0 Å². The number of pyridine rings is 1. The second-order valence-electron chi connectivity index (χ2n) is 5.10. The van der Waals surface area contributed by atoms with Gasteiger partial charge in [-0.25, -0.2) is 9.78 Å². The number of nitrogens with one attached hydrogen (secondary N) is 1. The summed E-state index contributed by atoms with van der Waals surface area (Å²) in [5, 5.41) is 3.46. The van der Waals surface area contributed by atoms with E-state index in [0.717, 1.165) is 5.56 Å². The van der Waals surface area contributed by atoms with Crippen LogP contribution in [-0.4, -0.2) is 35.1 Å². The van der Waals surface area contributed by atoms with Crippen molar-refractivity contribution in [2.24, 2.45) is 0 Å². The number of nitrogens with zero attached hydrogens (tertiary/aromatic N) is 2. The summed E-state index contributed by atoms with van der Waals surface area (Å²) >= 11 is 5.77. The highest BCUT2D eigenvalue weighted by Gasteiger charge is 2.32. The van der Waals surface area contributed by atoms with Gasteiger partial charge in [0.05, 0.1) is 18.1 Å². The molecule has 114 valence electrons. The van der Waals surface area contributed by atoms with Crippen LogP contribution in [0.15, 0.2) is 48.7 Å². The summed E-state index contributed by atoms with van der Waals surface area (Å²) in [6.45, 7) is 1.65. The van der Waals surface area contributed by atoms with Gasteiger partial charge < -0.3 is 15.0 Å². The number of urea groups is 1. The SMILES string of the molecule is O=C(NCc1ccccc1)N1CC(Oc2ccc(Cl)cn2)C1. The molecule has 22 heavy (non-hydrogen) atoms. The molecule has 1 aromatic heterocycles. The highest BCUT2D eigenvalue weighted by molar-refractivity contribution is 6.30. The number of hydrogen-bond donors (Lipinski definition) is 1. The highest BCUT2D eigenvalue weighted by Crippen LogP contribution is 2.17. The summed E-state index contributed by atoms with van der Waals surface area (Å²) in [6, 6.07) is 13.2. The van der Waals surface area contributed by atoms with E-state index in [4.69, 9.17) is 16.3 Å². The number of rotatable bonds is 4. The average molecular weight is 318 g/mol. The third-order valence-electron chi connectivity index (χ3n) is 3.41. The first-order valence-corrected chi connectivity index (χ1v) is 7.43. The van der Waals surface area contributed by atoms with Crippen molar-refractivity contribution < 1.29 is 9.53 Å². The predicted octanol–water partition coefficient (Wildman–Crippen LogP) is 2.71. The largest absolute Gasteiger partial charge is 0.471 e. The Balaban J connectivity index is 1.41. The molecule has 6 heteroatoms. The molecule has 0 spiro atoms. The molecule has 0 aliphatic carbocycles. The number of halogens is 1. The Morgan fingerprint density at radius 1 is 1.27 bits per heavy atom. The lowest BCUT2D eigenvalue weighted by atomic mass is 10.2. The summed E-state index contributed by atoms with van der Waals surface area (Å²) in [7, 11) is 0. The van der Waals surface area contributed by atoms with Crippen molar-refractivity contribution in [3.05, 3.63) is 59.2 Å². The summed E-state index contributed by atoms with van der Waals surface area (Å²) < 4.78 is 5.66. The number of likely N-dealkylation sites (tertiary alicyclic amines) is 1. The topological polar surface area (TPSA) is 54.5 Å². The molecule has 5 nitrogen and oxygen atoms in total. The first-order valence-electron chi connectivity index (χ1n) is 7.05. The van der Waals surface area contributed by atoms with Crippen LogP contribution in [-0.2, 0) is 6.54 Å². The fourth-order valence-corrected chi connectivity index (χ4v) is 2.28. The Kier molecular flexibility index (Phi) is 4.44. The van der Waals surface area contributed by atoms with Gasteiger partial charge in [-0.15, -0.1) is 0 Å². The number of amides is 2. The standard InChI is InChI=1S/C16H16ClN3O2/c17-13-6-7-15(18-9-13)22-14-10-20(11-14)16(21)19-8-12-4-2-1-3-5-12/h1-7,9,14H,8,10-11H2,(H,19,21). The van der Waals surface area contributed by atoms with Gasteiger partial charge in [-0.3, -0.25) is 0 Å². The number of carbonyl (C=O) groups is 1. The lowest BCUT2D eigenvalue weighted by Gasteiger charge is -2.38. The van der Waals surface area contributed by atoms with Gasteiger partial charge in [0.2, 0.25) is 5.88 Å². The van der Waals surface area contributed by atoms with Crippen LogP contribution < -0.4 is 10.1 Å². The molecule has 0 atom stereocenters. The van der Waals surface area contributed by atoms with Crippen molar-refractivity contribution in [3.63, 3.8) is 0 Å². The van der Waals surface area contributed by atoms with Gasteiger partial charge in [0, 0.05) is 18.8 Å². The van der Waals surface area contributed by atoms with Crippen LogP contribution in [0.3, 0.4) is 0 Å².